The van der Waals surface area contributed by atoms with Crippen LogP contribution >= 0.6 is 0 Å². The number of hydrogen-bond donors (Lipinski definition) is 2. The molecular weight excluding hydrogens is 360 g/mol. The predicted molar refractivity (Wildman–Crippen MR) is 90.6 cm³/mol. The maximum absolute atomic E-state index is 10.4. The molecule has 0 spiro atoms. The van der Waals surface area contributed by atoms with Gasteiger partial charge in [0.05, 0.1) is 15.0 Å². The van der Waals surface area contributed by atoms with Crippen LogP contribution in [-0.4, -0.2) is 28.2 Å². The lowest BCUT2D eigenvalue weighted by Gasteiger charge is -2.05. The van der Waals surface area contributed by atoms with Crippen molar-refractivity contribution in [2.75, 3.05) is 11.6 Å². The summed E-state index contributed by atoms with van der Waals surface area (Å²) < 4.78 is 31.2. The van der Waals surface area contributed by atoms with Crippen molar-refractivity contribution in [2.45, 2.75) is 18.4 Å². The van der Waals surface area contributed by atoms with Crippen LogP contribution in [0.1, 0.15) is 11.1 Å². The van der Waals surface area contributed by atoms with Crippen molar-refractivity contribution in [3.05, 3.63) is 65.7 Å². The topological polar surface area (TPSA) is 153 Å². The van der Waals surface area contributed by atoms with E-state index in [-0.39, 0.29) is 10.8 Å². The van der Waals surface area contributed by atoms with Gasteiger partial charge in [0.25, 0.3) is 0 Å². The molecule has 0 fully saturated rings. The summed E-state index contributed by atoms with van der Waals surface area (Å²) in [5.41, 5.74) is 7.46. The number of nitrogen functional groups attached to an aromatic ring is 2. The van der Waals surface area contributed by atoms with E-state index in [1.165, 1.54) is 12.1 Å². The monoisotopic (exact) mass is 378 g/mol. The second-order valence-corrected chi connectivity index (χ2v) is 6.56. The van der Waals surface area contributed by atoms with Crippen LogP contribution in [0.4, 0.5) is 5.95 Å². The average molecular weight is 378 g/mol. The van der Waals surface area contributed by atoms with E-state index in [2.05, 4.69) is 10.4 Å². The molecule has 1 heterocycles. The fourth-order valence-corrected chi connectivity index (χ4v) is 2.23. The van der Waals surface area contributed by atoms with E-state index in [9.17, 15) is 13.0 Å². The summed E-state index contributed by atoms with van der Waals surface area (Å²) in [6, 6.07) is 15.4. The highest BCUT2D eigenvalue weighted by Crippen LogP contribution is 2.08. The molecule has 3 rings (SSSR count). The van der Waals surface area contributed by atoms with Gasteiger partial charge in [-0.05, 0) is 29.4 Å². The van der Waals surface area contributed by atoms with Crippen LogP contribution < -0.4 is 21.2 Å². The van der Waals surface area contributed by atoms with Gasteiger partial charge in [0.2, 0.25) is 0 Å². The van der Waals surface area contributed by atoms with Crippen LogP contribution in [0, 0.1) is 6.92 Å². The summed E-state index contributed by atoms with van der Waals surface area (Å²) in [4.78, 5) is 7.10. The molecule has 0 bridgehead atoms. The van der Waals surface area contributed by atoms with Crippen molar-refractivity contribution < 1.29 is 22.6 Å². The van der Waals surface area contributed by atoms with Crippen molar-refractivity contribution in [3.8, 4) is 0 Å². The zero-order chi connectivity index (χ0) is 19.2. The van der Waals surface area contributed by atoms with Crippen LogP contribution in [-0.2, 0) is 16.7 Å². The summed E-state index contributed by atoms with van der Waals surface area (Å²) in [5.74, 6) is 5.46. The second kappa shape index (κ2) is 8.27. The van der Waals surface area contributed by atoms with Gasteiger partial charge in [-0.1, -0.05) is 48.0 Å². The molecular formula is C15H18N6O4S. The first kappa shape index (κ1) is 19.1. The van der Waals surface area contributed by atoms with Gasteiger partial charge in [-0.3, -0.25) is 5.84 Å². The molecule has 0 saturated carbocycles. The molecule has 3 aromatic rings. The zero-order valence-electron chi connectivity index (χ0n) is 13.9. The van der Waals surface area contributed by atoms with Gasteiger partial charge in [-0.25, -0.2) is 8.42 Å². The van der Waals surface area contributed by atoms with Crippen molar-refractivity contribution >= 4 is 16.1 Å². The number of nitrogens with zero attached hydrogens (tertiary/aromatic N) is 4. The van der Waals surface area contributed by atoms with Crippen molar-refractivity contribution in [2.24, 2.45) is 0 Å². The van der Waals surface area contributed by atoms with E-state index in [4.69, 9.17) is 16.4 Å². The van der Waals surface area contributed by atoms with E-state index < -0.39 is 10.1 Å². The normalized spacial score (nSPS) is 10.7. The Balaban J connectivity index is 0.000000197. The SMILES string of the molecule is Cc1ccc(S(=O)(=O)[O-])cc1.Nc1n(OCc2ccccc2)nn[n+]1N. The minimum Gasteiger partial charge on any atom is -0.744 e. The quantitative estimate of drug-likeness (QED) is 0.346. The molecule has 1 aromatic heterocycles. The molecule has 0 aliphatic heterocycles. The zero-order valence-corrected chi connectivity index (χ0v) is 14.7. The van der Waals surface area contributed by atoms with Crippen molar-refractivity contribution in [1.82, 2.24) is 15.3 Å². The number of tetrazole rings is 1. The lowest BCUT2D eigenvalue weighted by molar-refractivity contribution is -0.687. The van der Waals surface area contributed by atoms with E-state index in [1.807, 2.05) is 37.3 Å². The first-order valence-corrected chi connectivity index (χ1v) is 8.76. The molecule has 0 atom stereocenters. The molecule has 10 nitrogen and oxygen atoms in total. The fraction of sp³-hybridized carbons (Fsp3) is 0.133. The van der Waals surface area contributed by atoms with Gasteiger partial charge >= 0.3 is 5.95 Å². The fourth-order valence-electron chi connectivity index (χ4n) is 1.77. The molecule has 0 radical (unpaired) electrons. The maximum atomic E-state index is 10.4. The largest absolute Gasteiger partial charge is 0.744 e. The number of nitrogens with two attached hydrogens (primary N) is 2. The lowest BCUT2D eigenvalue weighted by Crippen LogP contribution is -2.49. The van der Waals surface area contributed by atoms with Gasteiger partial charge in [0, 0.05) is 0 Å². The molecule has 138 valence electrons. The highest BCUT2D eigenvalue weighted by Gasteiger charge is 2.14. The van der Waals surface area contributed by atoms with Gasteiger partial charge in [0.1, 0.15) is 10.1 Å². The molecule has 26 heavy (non-hydrogen) atoms. The third-order valence-corrected chi connectivity index (χ3v) is 4.00. The molecule has 4 N–H and O–H groups in total. The molecule has 11 heteroatoms. The Labute approximate surface area is 150 Å². The first-order chi connectivity index (χ1) is 12.3. The molecule has 0 aliphatic rings. The van der Waals surface area contributed by atoms with Crippen LogP contribution in [0.25, 0.3) is 0 Å². The summed E-state index contributed by atoms with van der Waals surface area (Å²) >= 11 is 0. The van der Waals surface area contributed by atoms with E-state index in [0.717, 1.165) is 20.8 Å². The first-order valence-electron chi connectivity index (χ1n) is 7.36. The number of anilines is 1. The van der Waals surface area contributed by atoms with E-state index in [1.54, 1.807) is 12.1 Å². The summed E-state index contributed by atoms with van der Waals surface area (Å²) in [6.07, 6.45) is 0. The Bertz CT molecular complexity index is 942. The second-order valence-electron chi connectivity index (χ2n) is 5.18. The minimum absolute atomic E-state index is 0.130. The van der Waals surface area contributed by atoms with Crippen LogP contribution in [0.2, 0.25) is 0 Å². The van der Waals surface area contributed by atoms with Gasteiger partial charge in [-0.15, -0.1) is 0 Å². The number of hydrogen-bond acceptors (Lipinski definition) is 8. The van der Waals surface area contributed by atoms with E-state index in [0.29, 0.717) is 6.61 Å². The number of benzene rings is 2. The van der Waals surface area contributed by atoms with Gasteiger partial charge < -0.3 is 15.1 Å². The maximum Gasteiger partial charge on any atom is 0.424 e. The minimum atomic E-state index is -4.27. The molecule has 0 amide bonds. The Morgan fingerprint density at radius 2 is 1.77 bits per heavy atom. The van der Waals surface area contributed by atoms with Crippen LogP contribution in [0.5, 0.6) is 0 Å². The number of rotatable bonds is 4. The third kappa shape index (κ3) is 5.43. The third-order valence-electron chi connectivity index (χ3n) is 3.15. The molecule has 2 aromatic carbocycles. The molecule has 0 aliphatic carbocycles. The van der Waals surface area contributed by atoms with Crippen molar-refractivity contribution in [3.63, 3.8) is 0 Å². The predicted octanol–water partition coefficient (Wildman–Crippen LogP) is -0.610. The van der Waals surface area contributed by atoms with Crippen molar-refractivity contribution in [1.29, 1.82) is 0 Å². The summed E-state index contributed by atoms with van der Waals surface area (Å²) in [5, 5.41) is 7.07. The summed E-state index contributed by atoms with van der Waals surface area (Å²) in [7, 11) is -4.27. The number of aromatic nitrogens is 4. The standard InChI is InChI=1S/C8H10N6O.C7H8O3S/c9-8-13(10)11-12-14(8)15-6-7-4-2-1-3-5-7;1-6-2-4-7(5-3-6)11(8,9)10/h1-5,9H,6,10H2;2-5H,1H3,(H,8,9,10). The molecule has 0 unspecified atom stereocenters. The van der Waals surface area contributed by atoms with Crippen LogP contribution in [0.3, 0.4) is 0 Å². The molecule has 0 saturated heterocycles. The highest BCUT2D eigenvalue weighted by atomic mass is 32.2. The Kier molecular flexibility index (Phi) is 6.09. The number of aryl methyl sites for hydroxylation is 1. The smallest absolute Gasteiger partial charge is 0.424 e. The van der Waals surface area contributed by atoms with Gasteiger partial charge in [0.15, 0.2) is 11.8 Å². The lowest BCUT2D eigenvalue weighted by atomic mass is 10.2. The highest BCUT2D eigenvalue weighted by molar-refractivity contribution is 7.85. The van der Waals surface area contributed by atoms with Gasteiger partial charge in [-0.2, -0.15) is 0 Å². The Morgan fingerprint density at radius 3 is 2.27 bits per heavy atom. The average Bonchev–Trinajstić information content (AvgIpc) is 2.93. The van der Waals surface area contributed by atoms with E-state index >= 15 is 0 Å². The summed E-state index contributed by atoms with van der Waals surface area (Å²) in [6.45, 7) is 2.18. The van der Waals surface area contributed by atoms with Crippen LogP contribution in [0.15, 0.2) is 59.5 Å². The Hall–Kier alpha value is -3.18. The Morgan fingerprint density at radius 1 is 1.15 bits per heavy atom.